The van der Waals surface area contributed by atoms with Gasteiger partial charge in [0.25, 0.3) is 5.69 Å². The number of nitrogens with zero attached hydrogens (tertiary/aromatic N) is 2. The zero-order valence-corrected chi connectivity index (χ0v) is 17.8. The van der Waals surface area contributed by atoms with Crippen LogP contribution in [0, 0.1) is 10.1 Å². The van der Waals surface area contributed by atoms with Crippen molar-refractivity contribution in [3.63, 3.8) is 0 Å². The van der Waals surface area contributed by atoms with Crippen LogP contribution < -0.4 is 4.90 Å². The molecular weight excluding hydrogens is 377 g/mol. The van der Waals surface area contributed by atoms with E-state index in [4.69, 9.17) is 4.43 Å². The van der Waals surface area contributed by atoms with Gasteiger partial charge in [-0.15, -0.1) is 0 Å². The highest BCUT2D eigenvalue weighted by Gasteiger charge is 2.42. The van der Waals surface area contributed by atoms with E-state index in [1.165, 1.54) is 6.07 Å². The summed E-state index contributed by atoms with van der Waals surface area (Å²) < 4.78 is 46.2. The van der Waals surface area contributed by atoms with E-state index in [2.05, 4.69) is 20.8 Å². The van der Waals surface area contributed by atoms with Crippen molar-refractivity contribution in [3.8, 4) is 0 Å². The number of rotatable bonds is 5. The molecule has 1 aromatic carbocycles. The number of halogens is 3. The lowest BCUT2D eigenvalue weighted by Gasteiger charge is -2.40. The van der Waals surface area contributed by atoms with Gasteiger partial charge in [-0.2, -0.15) is 13.2 Å². The first kappa shape index (κ1) is 21.7. The van der Waals surface area contributed by atoms with Crippen molar-refractivity contribution < 1.29 is 22.5 Å². The van der Waals surface area contributed by atoms with Crippen LogP contribution in [-0.2, 0) is 10.6 Å². The SMILES string of the molecule is CC(C)(C)[SiH2]OC(C)(C)[C@H]1CCCN1c1ccc([N+](=O)[O-])c(C(F)(F)F)c1. The first-order valence-electron chi connectivity index (χ1n) is 8.99. The second-order valence-electron chi connectivity index (χ2n) is 8.76. The molecule has 0 aliphatic carbocycles. The summed E-state index contributed by atoms with van der Waals surface area (Å²) in [5, 5.41) is 11.1. The number of nitro benzene ring substituents is 1. The molecule has 0 unspecified atom stereocenters. The number of nitro groups is 1. The highest BCUT2D eigenvalue weighted by atomic mass is 28.2. The Labute approximate surface area is 160 Å². The van der Waals surface area contributed by atoms with Crippen molar-refractivity contribution in [1.29, 1.82) is 0 Å². The minimum absolute atomic E-state index is 0.0742. The molecular formula is C18H27F3N2O3Si. The molecule has 1 atom stereocenters. The van der Waals surface area contributed by atoms with Crippen LogP contribution in [0.1, 0.15) is 53.0 Å². The van der Waals surface area contributed by atoms with Gasteiger partial charge >= 0.3 is 6.18 Å². The zero-order valence-electron chi connectivity index (χ0n) is 16.4. The molecule has 1 heterocycles. The fourth-order valence-corrected chi connectivity index (χ4v) is 4.38. The van der Waals surface area contributed by atoms with Gasteiger partial charge in [-0.05, 0) is 43.9 Å². The molecule has 1 fully saturated rings. The van der Waals surface area contributed by atoms with Crippen LogP contribution in [-0.4, -0.2) is 32.9 Å². The van der Waals surface area contributed by atoms with Gasteiger partial charge < -0.3 is 9.33 Å². The van der Waals surface area contributed by atoms with Crippen molar-refractivity contribution >= 4 is 21.1 Å². The van der Waals surface area contributed by atoms with E-state index >= 15 is 0 Å². The summed E-state index contributed by atoms with van der Waals surface area (Å²) in [5.41, 5.74) is -2.28. The molecule has 5 nitrogen and oxygen atoms in total. The fraction of sp³-hybridized carbons (Fsp3) is 0.667. The van der Waals surface area contributed by atoms with Crippen molar-refractivity contribution in [2.24, 2.45) is 0 Å². The molecule has 0 aromatic heterocycles. The van der Waals surface area contributed by atoms with Crippen molar-refractivity contribution in [2.45, 2.75) is 70.3 Å². The Bertz CT molecular complexity index is 702. The molecule has 0 amide bonds. The Balaban J connectivity index is 2.35. The molecule has 9 heteroatoms. The molecule has 0 spiro atoms. The lowest BCUT2D eigenvalue weighted by atomic mass is 9.96. The van der Waals surface area contributed by atoms with E-state index in [-0.39, 0.29) is 11.1 Å². The Morgan fingerprint density at radius 2 is 1.85 bits per heavy atom. The van der Waals surface area contributed by atoms with Gasteiger partial charge in [0.2, 0.25) is 0 Å². The lowest BCUT2D eigenvalue weighted by Crippen LogP contribution is -2.49. The molecule has 0 N–H and O–H groups in total. The average molecular weight is 405 g/mol. The van der Waals surface area contributed by atoms with Gasteiger partial charge in [-0.3, -0.25) is 10.1 Å². The predicted octanol–water partition coefficient (Wildman–Crippen LogP) is 4.68. The number of alkyl halides is 3. The third-order valence-corrected chi connectivity index (χ3v) is 6.50. The van der Waals surface area contributed by atoms with Crippen LogP contribution in [0.3, 0.4) is 0 Å². The lowest BCUT2D eigenvalue weighted by molar-refractivity contribution is -0.388. The highest BCUT2D eigenvalue weighted by Crippen LogP contribution is 2.41. The molecule has 27 heavy (non-hydrogen) atoms. The van der Waals surface area contributed by atoms with E-state index in [0.717, 1.165) is 25.0 Å². The maximum atomic E-state index is 13.3. The summed E-state index contributed by atoms with van der Waals surface area (Å²) in [5.74, 6) is 0. The zero-order chi connectivity index (χ0) is 20.6. The van der Waals surface area contributed by atoms with E-state index in [0.29, 0.717) is 12.2 Å². The van der Waals surface area contributed by atoms with Gasteiger partial charge in [-0.1, -0.05) is 20.8 Å². The van der Waals surface area contributed by atoms with E-state index in [1.54, 1.807) is 0 Å². The van der Waals surface area contributed by atoms with Crippen LogP contribution in [0.2, 0.25) is 5.04 Å². The molecule has 1 aliphatic heterocycles. The Morgan fingerprint density at radius 3 is 2.37 bits per heavy atom. The van der Waals surface area contributed by atoms with E-state index in [9.17, 15) is 23.3 Å². The minimum atomic E-state index is -4.78. The van der Waals surface area contributed by atoms with Crippen LogP contribution in [0.4, 0.5) is 24.5 Å². The smallest absolute Gasteiger partial charge is 0.416 e. The second kappa shape index (κ2) is 7.42. The maximum Gasteiger partial charge on any atom is 0.423 e. The van der Waals surface area contributed by atoms with Gasteiger partial charge in [0.05, 0.1) is 16.6 Å². The van der Waals surface area contributed by atoms with Crippen LogP contribution in [0.5, 0.6) is 0 Å². The standard InChI is InChI=1S/C18H27F3N2O3Si/c1-16(2,3)27-26-17(4,5)15-7-6-10-22(15)12-8-9-14(23(24)25)13(11-12)18(19,20)21/h8-9,11,15H,6-7,10,27H2,1-5H3/t15-/m1/s1. The van der Waals surface area contributed by atoms with Gasteiger partial charge in [0.15, 0.2) is 9.76 Å². The number of anilines is 1. The summed E-state index contributed by atoms with van der Waals surface area (Å²) in [7, 11) is -0.834. The van der Waals surface area contributed by atoms with Crippen LogP contribution in [0.25, 0.3) is 0 Å². The van der Waals surface area contributed by atoms with E-state index in [1.807, 2.05) is 18.7 Å². The topological polar surface area (TPSA) is 55.6 Å². The molecule has 1 aliphatic rings. The highest BCUT2D eigenvalue weighted by molar-refractivity contribution is 6.31. The molecule has 1 saturated heterocycles. The third-order valence-electron chi connectivity index (χ3n) is 4.75. The molecule has 0 saturated carbocycles. The molecule has 2 rings (SSSR count). The van der Waals surface area contributed by atoms with Gasteiger partial charge in [-0.25, -0.2) is 0 Å². The van der Waals surface area contributed by atoms with Gasteiger partial charge in [0, 0.05) is 18.3 Å². The quantitative estimate of drug-likeness (QED) is 0.406. The van der Waals surface area contributed by atoms with Crippen LogP contribution >= 0.6 is 0 Å². The average Bonchev–Trinajstić information content (AvgIpc) is 3.01. The second-order valence-corrected chi connectivity index (χ2v) is 11.5. The first-order valence-corrected chi connectivity index (χ1v) is 10.3. The molecule has 1 aromatic rings. The van der Waals surface area contributed by atoms with Crippen LogP contribution in [0.15, 0.2) is 18.2 Å². The third kappa shape index (κ3) is 5.22. The summed E-state index contributed by atoms with van der Waals surface area (Å²) in [6.07, 6.45) is -3.13. The molecule has 152 valence electrons. The molecule has 0 radical (unpaired) electrons. The monoisotopic (exact) mass is 404 g/mol. The molecule has 0 bridgehead atoms. The number of benzene rings is 1. The largest absolute Gasteiger partial charge is 0.423 e. The Kier molecular flexibility index (Phi) is 5.96. The maximum absolute atomic E-state index is 13.3. The predicted molar refractivity (Wildman–Crippen MR) is 102 cm³/mol. The van der Waals surface area contributed by atoms with Crippen molar-refractivity contribution in [3.05, 3.63) is 33.9 Å². The summed E-state index contributed by atoms with van der Waals surface area (Å²) >= 11 is 0. The number of hydrogen-bond donors (Lipinski definition) is 0. The van der Waals surface area contributed by atoms with E-state index < -0.39 is 37.7 Å². The van der Waals surface area contributed by atoms with Crippen molar-refractivity contribution in [1.82, 2.24) is 0 Å². The van der Waals surface area contributed by atoms with Crippen molar-refractivity contribution in [2.75, 3.05) is 11.4 Å². The Morgan fingerprint density at radius 1 is 1.22 bits per heavy atom. The number of hydrogen-bond acceptors (Lipinski definition) is 4. The first-order chi connectivity index (χ1) is 12.2. The summed E-state index contributed by atoms with van der Waals surface area (Å²) in [6, 6.07) is 3.18. The summed E-state index contributed by atoms with van der Waals surface area (Å²) in [6.45, 7) is 10.9. The Hall–Kier alpha value is -1.61. The van der Waals surface area contributed by atoms with Gasteiger partial charge in [0.1, 0.15) is 5.56 Å². The fourth-order valence-electron chi connectivity index (χ4n) is 3.39. The minimum Gasteiger partial charge on any atom is -0.416 e. The summed E-state index contributed by atoms with van der Waals surface area (Å²) in [4.78, 5) is 11.9. The normalized spacial score (nSPS) is 19.3.